The Morgan fingerprint density at radius 3 is 2.90 bits per heavy atom. The molecule has 0 unspecified atom stereocenters. The third-order valence-corrected chi connectivity index (χ3v) is 4.27. The summed E-state index contributed by atoms with van der Waals surface area (Å²) in [5.41, 5.74) is 3.30. The Bertz CT molecular complexity index is 584. The molecule has 1 aromatic carbocycles. The minimum Gasteiger partial charge on any atom is -0.352 e. The summed E-state index contributed by atoms with van der Waals surface area (Å²) in [5.74, 6) is 0.0197. The minimum absolute atomic E-state index is 0. The fraction of sp³-hybridized carbons (Fsp3) is 0.267. The van der Waals surface area contributed by atoms with E-state index in [-0.39, 0.29) is 18.3 Å². The van der Waals surface area contributed by atoms with Gasteiger partial charge in [-0.25, -0.2) is 0 Å². The monoisotopic (exact) mass is 308 g/mol. The molecule has 1 aliphatic heterocycles. The predicted octanol–water partition coefficient (Wildman–Crippen LogP) is 2.75. The van der Waals surface area contributed by atoms with Gasteiger partial charge in [-0.2, -0.15) is 0 Å². The average Bonchev–Trinajstić information content (AvgIpc) is 3.08. The highest BCUT2D eigenvalue weighted by Crippen LogP contribution is 2.17. The van der Waals surface area contributed by atoms with Crippen molar-refractivity contribution in [2.45, 2.75) is 19.5 Å². The van der Waals surface area contributed by atoms with Crippen molar-refractivity contribution in [3.05, 3.63) is 57.3 Å². The fourth-order valence-corrected chi connectivity index (χ4v) is 3.00. The van der Waals surface area contributed by atoms with Crippen LogP contribution in [0, 0.1) is 0 Å². The number of carbonyl (C=O) groups excluding carboxylic acids is 1. The van der Waals surface area contributed by atoms with Gasteiger partial charge in [0.15, 0.2) is 0 Å². The second-order valence-corrected chi connectivity index (χ2v) is 5.70. The van der Waals surface area contributed by atoms with Gasteiger partial charge >= 0.3 is 0 Å². The van der Waals surface area contributed by atoms with Gasteiger partial charge in [-0.05, 0) is 41.1 Å². The molecular weight excluding hydrogens is 292 g/mol. The van der Waals surface area contributed by atoms with Gasteiger partial charge in [0.2, 0.25) is 0 Å². The summed E-state index contributed by atoms with van der Waals surface area (Å²) >= 11 is 1.73. The molecule has 2 N–H and O–H groups in total. The van der Waals surface area contributed by atoms with Crippen LogP contribution in [-0.2, 0) is 19.5 Å². The van der Waals surface area contributed by atoms with E-state index >= 15 is 0 Å². The van der Waals surface area contributed by atoms with E-state index < -0.39 is 0 Å². The zero-order valence-electron chi connectivity index (χ0n) is 11.0. The second-order valence-electron chi connectivity index (χ2n) is 4.67. The van der Waals surface area contributed by atoms with Crippen molar-refractivity contribution in [1.82, 2.24) is 10.6 Å². The topological polar surface area (TPSA) is 41.1 Å². The predicted molar refractivity (Wildman–Crippen MR) is 84.6 cm³/mol. The Morgan fingerprint density at radius 1 is 1.25 bits per heavy atom. The molecule has 3 rings (SSSR count). The summed E-state index contributed by atoms with van der Waals surface area (Å²) in [4.78, 5) is 13.3. The Hall–Kier alpha value is -1.36. The molecular formula is C15H17ClN2OS. The minimum atomic E-state index is 0. The number of nitrogens with one attached hydrogen (secondary N) is 2. The number of rotatable bonds is 4. The molecule has 1 aliphatic rings. The maximum Gasteiger partial charge on any atom is 0.251 e. The number of hydrogen-bond acceptors (Lipinski definition) is 3. The van der Waals surface area contributed by atoms with Gasteiger partial charge in [0.05, 0.1) is 0 Å². The van der Waals surface area contributed by atoms with E-state index in [0.29, 0.717) is 6.54 Å². The highest BCUT2D eigenvalue weighted by molar-refractivity contribution is 7.09. The molecule has 2 aromatic rings. The average molecular weight is 309 g/mol. The molecule has 20 heavy (non-hydrogen) atoms. The van der Waals surface area contributed by atoms with Gasteiger partial charge in [-0.3, -0.25) is 4.79 Å². The van der Waals surface area contributed by atoms with Crippen molar-refractivity contribution >= 4 is 29.7 Å². The van der Waals surface area contributed by atoms with Crippen LogP contribution in [0.2, 0.25) is 0 Å². The zero-order chi connectivity index (χ0) is 13.1. The molecule has 2 heterocycles. The van der Waals surface area contributed by atoms with Crippen molar-refractivity contribution in [3.8, 4) is 0 Å². The van der Waals surface area contributed by atoms with Gasteiger partial charge in [0.1, 0.15) is 0 Å². The molecule has 0 saturated carbocycles. The smallest absolute Gasteiger partial charge is 0.251 e. The third-order valence-electron chi connectivity index (χ3n) is 3.34. The van der Waals surface area contributed by atoms with Crippen LogP contribution in [0.15, 0.2) is 35.7 Å². The lowest BCUT2D eigenvalue weighted by Gasteiger charge is -2.06. The van der Waals surface area contributed by atoms with Crippen molar-refractivity contribution < 1.29 is 4.79 Å². The van der Waals surface area contributed by atoms with Crippen molar-refractivity contribution in [2.75, 3.05) is 6.54 Å². The number of halogens is 1. The lowest BCUT2D eigenvalue weighted by Crippen LogP contribution is -2.25. The first-order valence-electron chi connectivity index (χ1n) is 6.46. The number of benzene rings is 1. The SMILES string of the molecule is Cl.O=C(NCCc1cccs1)c1ccc2c(c1)CNC2. The summed E-state index contributed by atoms with van der Waals surface area (Å²) in [6.07, 6.45) is 0.899. The largest absolute Gasteiger partial charge is 0.352 e. The number of fused-ring (bicyclic) bond motifs is 1. The van der Waals surface area contributed by atoms with Crippen molar-refractivity contribution in [1.29, 1.82) is 0 Å². The Kier molecular flexibility index (Phi) is 5.17. The van der Waals surface area contributed by atoms with E-state index in [1.54, 1.807) is 11.3 Å². The quantitative estimate of drug-likeness (QED) is 0.912. The molecule has 0 saturated heterocycles. The molecule has 0 bridgehead atoms. The normalized spacial score (nSPS) is 12.6. The first-order chi connectivity index (χ1) is 9.33. The fourth-order valence-electron chi connectivity index (χ4n) is 2.29. The van der Waals surface area contributed by atoms with E-state index in [9.17, 15) is 4.79 Å². The second kappa shape index (κ2) is 6.88. The number of carbonyl (C=O) groups is 1. The number of thiophene rings is 1. The van der Waals surface area contributed by atoms with E-state index in [4.69, 9.17) is 0 Å². The maximum atomic E-state index is 12.0. The van der Waals surface area contributed by atoms with E-state index in [2.05, 4.69) is 22.1 Å². The number of amides is 1. The molecule has 3 nitrogen and oxygen atoms in total. The van der Waals surface area contributed by atoms with Crippen LogP contribution < -0.4 is 10.6 Å². The summed E-state index contributed by atoms with van der Waals surface area (Å²) in [7, 11) is 0. The van der Waals surface area contributed by atoms with Gasteiger partial charge in [0, 0.05) is 30.1 Å². The standard InChI is InChI=1S/C15H16N2OS.ClH/c18-15(17-6-5-14-2-1-7-19-14)11-3-4-12-9-16-10-13(12)8-11;/h1-4,7-8,16H,5-6,9-10H2,(H,17,18);1H. The molecule has 0 fully saturated rings. The van der Waals surface area contributed by atoms with Crippen LogP contribution in [0.25, 0.3) is 0 Å². The molecule has 0 radical (unpaired) electrons. The Labute approximate surface area is 128 Å². The summed E-state index contributed by atoms with van der Waals surface area (Å²) in [6, 6.07) is 10.1. The highest BCUT2D eigenvalue weighted by Gasteiger charge is 2.13. The molecule has 1 aromatic heterocycles. The van der Waals surface area contributed by atoms with Crippen LogP contribution >= 0.6 is 23.7 Å². The first-order valence-corrected chi connectivity index (χ1v) is 7.34. The Balaban J connectivity index is 0.00000147. The van der Waals surface area contributed by atoms with Gasteiger partial charge in [0.25, 0.3) is 5.91 Å². The van der Waals surface area contributed by atoms with Crippen LogP contribution in [-0.4, -0.2) is 12.5 Å². The van der Waals surface area contributed by atoms with Gasteiger partial charge < -0.3 is 10.6 Å². The lowest BCUT2D eigenvalue weighted by molar-refractivity contribution is 0.0954. The molecule has 0 atom stereocenters. The highest BCUT2D eigenvalue weighted by atomic mass is 35.5. The summed E-state index contributed by atoms with van der Waals surface area (Å²) in [5, 5.41) is 8.32. The zero-order valence-corrected chi connectivity index (χ0v) is 12.7. The Morgan fingerprint density at radius 2 is 2.10 bits per heavy atom. The maximum absolute atomic E-state index is 12.0. The molecule has 0 aliphatic carbocycles. The van der Waals surface area contributed by atoms with Crippen LogP contribution in [0.4, 0.5) is 0 Å². The van der Waals surface area contributed by atoms with Gasteiger partial charge in [-0.15, -0.1) is 23.7 Å². The molecule has 5 heteroatoms. The van der Waals surface area contributed by atoms with E-state index in [0.717, 1.165) is 25.1 Å². The van der Waals surface area contributed by atoms with E-state index in [1.165, 1.54) is 16.0 Å². The number of hydrogen-bond donors (Lipinski definition) is 2. The molecule has 106 valence electrons. The van der Waals surface area contributed by atoms with E-state index in [1.807, 2.05) is 24.3 Å². The van der Waals surface area contributed by atoms with Crippen LogP contribution in [0.5, 0.6) is 0 Å². The lowest BCUT2D eigenvalue weighted by atomic mass is 10.1. The summed E-state index contributed by atoms with van der Waals surface area (Å²) in [6.45, 7) is 2.47. The molecule has 1 amide bonds. The molecule has 0 spiro atoms. The first kappa shape index (κ1) is 15.0. The van der Waals surface area contributed by atoms with Crippen molar-refractivity contribution in [2.24, 2.45) is 0 Å². The van der Waals surface area contributed by atoms with Crippen LogP contribution in [0.3, 0.4) is 0 Å². The summed E-state index contributed by atoms with van der Waals surface area (Å²) < 4.78 is 0. The third kappa shape index (κ3) is 3.39. The van der Waals surface area contributed by atoms with Crippen molar-refractivity contribution in [3.63, 3.8) is 0 Å². The van der Waals surface area contributed by atoms with Crippen LogP contribution in [0.1, 0.15) is 26.4 Å². The van der Waals surface area contributed by atoms with Gasteiger partial charge in [-0.1, -0.05) is 12.1 Å².